The van der Waals surface area contributed by atoms with Crippen LogP contribution in [-0.2, 0) is 23.7 Å². The smallest absolute Gasteiger partial charge is 0.311 e. The number of carbonyl (C=O) groups excluding carboxylic acids is 1. The van der Waals surface area contributed by atoms with Gasteiger partial charge in [0.05, 0.1) is 39.0 Å². The fraction of sp³-hybridized carbons (Fsp3) is 0.588. The quantitative estimate of drug-likeness (QED) is 0.812. The molecular weight excluding hydrogens is 316 g/mol. The molecule has 0 radical (unpaired) electrons. The molecule has 4 unspecified atom stereocenters. The standard InChI is InChI=1S/C17H20O7/c1-20-9-5-3-8(4-6-9)17-22-7-10-14(24-17)13(18)11-12(15(11)23-10)16(19)21-2/h3-6,10-15,17-18H,7H2,1-2H3/t10-,11?,12?,13-,14-,15?,17?/m1/s1. The highest BCUT2D eigenvalue weighted by atomic mass is 16.7. The van der Waals surface area contributed by atoms with Gasteiger partial charge >= 0.3 is 5.97 Å². The molecule has 2 aliphatic heterocycles. The molecule has 7 heteroatoms. The van der Waals surface area contributed by atoms with E-state index in [1.165, 1.54) is 7.11 Å². The van der Waals surface area contributed by atoms with Gasteiger partial charge < -0.3 is 28.8 Å². The molecule has 2 heterocycles. The molecule has 0 aromatic heterocycles. The monoisotopic (exact) mass is 336 g/mol. The Bertz CT molecular complexity index is 616. The summed E-state index contributed by atoms with van der Waals surface area (Å²) in [6.45, 7) is 0.301. The number of aliphatic hydroxyl groups is 1. The van der Waals surface area contributed by atoms with Gasteiger partial charge in [-0.3, -0.25) is 4.79 Å². The zero-order valence-corrected chi connectivity index (χ0v) is 13.5. The van der Waals surface area contributed by atoms with E-state index in [0.717, 1.165) is 11.3 Å². The summed E-state index contributed by atoms with van der Waals surface area (Å²) < 4.78 is 27.4. The first-order chi connectivity index (χ1) is 11.6. The lowest BCUT2D eigenvalue weighted by Gasteiger charge is -2.41. The Morgan fingerprint density at radius 2 is 1.92 bits per heavy atom. The first kappa shape index (κ1) is 15.8. The van der Waals surface area contributed by atoms with Crippen LogP contribution in [0.1, 0.15) is 11.9 Å². The molecule has 1 saturated carbocycles. The number of hydrogen-bond donors (Lipinski definition) is 1. The highest BCUT2D eigenvalue weighted by molar-refractivity contribution is 5.77. The number of fused-ring (bicyclic) bond motifs is 2. The van der Waals surface area contributed by atoms with E-state index in [-0.39, 0.29) is 24.1 Å². The Morgan fingerprint density at radius 3 is 2.58 bits per heavy atom. The van der Waals surface area contributed by atoms with E-state index < -0.39 is 24.4 Å². The minimum Gasteiger partial charge on any atom is -0.497 e. The molecule has 2 saturated heterocycles. The van der Waals surface area contributed by atoms with Crippen molar-refractivity contribution in [2.75, 3.05) is 20.8 Å². The largest absolute Gasteiger partial charge is 0.497 e. The van der Waals surface area contributed by atoms with Gasteiger partial charge in [-0.1, -0.05) is 12.1 Å². The summed E-state index contributed by atoms with van der Waals surface area (Å²) in [5, 5.41) is 10.6. The second-order valence-electron chi connectivity index (χ2n) is 6.30. The summed E-state index contributed by atoms with van der Waals surface area (Å²) in [5.74, 6) is -0.294. The number of rotatable bonds is 3. The van der Waals surface area contributed by atoms with Gasteiger partial charge in [0.1, 0.15) is 18.0 Å². The first-order valence-corrected chi connectivity index (χ1v) is 7.96. The van der Waals surface area contributed by atoms with E-state index in [2.05, 4.69) is 0 Å². The zero-order valence-electron chi connectivity index (χ0n) is 13.5. The number of methoxy groups -OCH3 is 2. The molecule has 7 nitrogen and oxygen atoms in total. The van der Waals surface area contributed by atoms with Gasteiger partial charge in [0.15, 0.2) is 6.29 Å². The number of benzene rings is 1. The molecule has 0 bridgehead atoms. The van der Waals surface area contributed by atoms with Crippen LogP contribution in [0.25, 0.3) is 0 Å². The van der Waals surface area contributed by atoms with Crippen LogP contribution in [0, 0.1) is 11.8 Å². The fourth-order valence-electron chi connectivity index (χ4n) is 3.64. The second kappa shape index (κ2) is 6.00. The summed E-state index contributed by atoms with van der Waals surface area (Å²) in [5.41, 5.74) is 0.837. The molecular formula is C17H20O7. The van der Waals surface area contributed by atoms with Gasteiger partial charge in [-0.05, 0) is 12.1 Å². The Labute approximate surface area is 139 Å². The SMILES string of the molecule is COC(=O)C1C2O[C@@H]3COC(c4ccc(OC)cc4)O[C@H]3[C@H](O)C21. The normalized spacial score (nSPS) is 40.2. The van der Waals surface area contributed by atoms with Crippen LogP contribution in [0.2, 0.25) is 0 Å². The Kier molecular flexibility index (Phi) is 3.96. The first-order valence-electron chi connectivity index (χ1n) is 7.96. The van der Waals surface area contributed by atoms with Crippen LogP contribution >= 0.6 is 0 Å². The van der Waals surface area contributed by atoms with Crippen molar-refractivity contribution < 1.29 is 33.6 Å². The summed E-state index contributed by atoms with van der Waals surface area (Å²) in [6.07, 6.45) is -2.57. The summed E-state index contributed by atoms with van der Waals surface area (Å²) in [7, 11) is 2.94. The van der Waals surface area contributed by atoms with Crippen molar-refractivity contribution in [3.63, 3.8) is 0 Å². The number of aliphatic hydroxyl groups excluding tert-OH is 1. The van der Waals surface area contributed by atoms with Crippen LogP contribution in [0.15, 0.2) is 24.3 Å². The number of hydrogen-bond acceptors (Lipinski definition) is 7. The molecule has 1 aromatic rings. The van der Waals surface area contributed by atoms with E-state index in [0.29, 0.717) is 6.61 Å². The number of ether oxygens (including phenoxy) is 5. The van der Waals surface area contributed by atoms with Gasteiger partial charge in [0.25, 0.3) is 0 Å². The van der Waals surface area contributed by atoms with Crippen molar-refractivity contribution in [3.05, 3.63) is 29.8 Å². The summed E-state index contributed by atoms with van der Waals surface area (Å²) >= 11 is 0. The maximum atomic E-state index is 11.7. The van der Waals surface area contributed by atoms with E-state index in [1.807, 2.05) is 24.3 Å². The van der Waals surface area contributed by atoms with Crippen LogP contribution < -0.4 is 4.74 Å². The second-order valence-corrected chi connectivity index (χ2v) is 6.30. The Balaban J connectivity index is 1.47. The zero-order chi connectivity index (χ0) is 16.8. The average molecular weight is 336 g/mol. The Morgan fingerprint density at radius 1 is 1.17 bits per heavy atom. The van der Waals surface area contributed by atoms with Crippen molar-refractivity contribution in [1.82, 2.24) is 0 Å². The number of esters is 1. The van der Waals surface area contributed by atoms with Crippen LogP contribution in [0.4, 0.5) is 0 Å². The van der Waals surface area contributed by atoms with Crippen LogP contribution in [-0.4, -0.2) is 56.3 Å². The summed E-state index contributed by atoms with van der Waals surface area (Å²) in [4.78, 5) is 11.7. The Hall–Kier alpha value is -1.67. The molecule has 0 amide bonds. The van der Waals surface area contributed by atoms with Crippen molar-refractivity contribution in [1.29, 1.82) is 0 Å². The maximum Gasteiger partial charge on any atom is 0.311 e. The molecule has 3 fully saturated rings. The van der Waals surface area contributed by atoms with Crippen molar-refractivity contribution in [3.8, 4) is 5.75 Å². The number of carbonyl (C=O) groups is 1. The molecule has 1 aliphatic carbocycles. The van der Waals surface area contributed by atoms with Crippen molar-refractivity contribution >= 4 is 5.97 Å². The minimum absolute atomic E-state index is 0.270. The van der Waals surface area contributed by atoms with Crippen molar-refractivity contribution in [2.24, 2.45) is 11.8 Å². The highest BCUT2D eigenvalue weighted by Crippen LogP contribution is 2.52. The molecule has 4 rings (SSSR count). The average Bonchev–Trinajstić information content (AvgIpc) is 3.35. The molecule has 1 aromatic carbocycles. The predicted octanol–water partition coefficient (Wildman–Crippen LogP) is 0.656. The van der Waals surface area contributed by atoms with Crippen LogP contribution in [0.3, 0.4) is 0 Å². The van der Waals surface area contributed by atoms with Gasteiger partial charge in [-0.15, -0.1) is 0 Å². The lowest BCUT2D eigenvalue weighted by Crippen LogP contribution is -2.53. The van der Waals surface area contributed by atoms with E-state index in [9.17, 15) is 9.90 Å². The third-order valence-corrected chi connectivity index (χ3v) is 4.99. The van der Waals surface area contributed by atoms with E-state index in [1.54, 1.807) is 7.11 Å². The molecule has 3 aliphatic rings. The molecule has 0 spiro atoms. The molecule has 24 heavy (non-hydrogen) atoms. The molecule has 1 N–H and O–H groups in total. The molecule has 130 valence electrons. The van der Waals surface area contributed by atoms with E-state index >= 15 is 0 Å². The van der Waals surface area contributed by atoms with Crippen LogP contribution in [0.5, 0.6) is 5.75 Å². The molecule has 7 atom stereocenters. The third-order valence-electron chi connectivity index (χ3n) is 4.99. The minimum atomic E-state index is -0.775. The van der Waals surface area contributed by atoms with Gasteiger partial charge in [-0.25, -0.2) is 0 Å². The van der Waals surface area contributed by atoms with Gasteiger partial charge in [0, 0.05) is 11.5 Å². The fourth-order valence-corrected chi connectivity index (χ4v) is 3.64. The topological polar surface area (TPSA) is 83.5 Å². The van der Waals surface area contributed by atoms with Gasteiger partial charge in [0.2, 0.25) is 0 Å². The van der Waals surface area contributed by atoms with Gasteiger partial charge in [-0.2, -0.15) is 0 Å². The lowest BCUT2D eigenvalue weighted by atomic mass is 9.99. The van der Waals surface area contributed by atoms with E-state index in [4.69, 9.17) is 23.7 Å². The lowest BCUT2D eigenvalue weighted by molar-refractivity contribution is -0.300. The predicted molar refractivity (Wildman–Crippen MR) is 80.2 cm³/mol. The highest BCUT2D eigenvalue weighted by Gasteiger charge is 2.67. The summed E-state index contributed by atoms with van der Waals surface area (Å²) in [6, 6.07) is 7.37. The van der Waals surface area contributed by atoms with Crippen molar-refractivity contribution in [2.45, 2.75) is 30.7 Å². The third kappa shape index (κ3) is 2.48. The maximum absolute atomic E-state index is 11.7.